The third-order valence-corrected chi connectivity index (χ3v) is 2.02. The maximum atomic E-state index is 11.2. The lowest BCUT2D eigenvalue weighted by Gasteiger charge is -1.94. The molecule has 1 aromatic carbocycles. The second-order valence-corrected chi connectivity index (χ2v) is 3.12. The number of carboxylic acid groups (broad SMARTS) is 1. The summed E-state index contributed by atoms with van der Waals surface area (Å²) in [5, 5.41) is 23.4. The molecule has 0 unspecified atom stereocenters. The summed E-state index contributed by atoms with van der Waals surface area (Å²) in [7, 11) is 0. The van der Waals surface area contributed by atoms with Gasteiger partial charge in [-0.3, -0.25) is 4.79 Å². The molecular formula is C10H8N2O4. The topological polar surface area (TPSA) is 90.3 Å². The van der Waals surface area contributed by atoms with E-state index < -0.39 is 18.3 Å². The molecule has 0 radical (unpaired) electrons. The van der Waals surface area contributed by atoms with Crippen molar-refractivity contribution in [3.8, 4) is 11.6 Å². The second kappa shape index (κ2) is 4.01. The predicted molar refractivity (Wildman–Crippen MR) is 48.8 cm³/mol. The summed E-state index contributed by atoms with van der Waals surface area (Å²) in [6.45, 7) is 0. The highest BCUT2D eigenvalue weighted by atomic mass is 16.6. The molecule has 0 bridgehead atoms. The Bertz CT molecular complexity index is 507. The summed E-state index contributed by atoms with van der Waals surface area (Å²) in [5.41, 5.74) is 0.586. The molecule has 16 heavy (non-hydrogen) atoms. The van der Waals surface area contributed by atoms with Gasteiger partial charge < -0.3 is 14.7 Å². The Morgan fingerprint density at radius 3 is 2.75 bits per heavy atom. The molecule has 1 N–H and O–H groups in total. The number of aliphatic carboxylic acids is 1. The van der Waals surface area contributed by atoms with Crippen molar-refractivity contribution in [2.24, 2.45) is 0 Å². The van der Waals surface area contributed by atoms with Gasteiger partial charge in [0.05, 0.1) is 5.27 Å². The molecule has 2 aromatic rings. The SMILES string of the molecule is O=C(O)Cc1c([O-])on[n+]1-c1ccccc1. The van der Waals surface area contributed by atoms with Crippen LogP contribution < -0.4 is 9.79 Å². The normalized spacial score (nSPS) is 10.2. The summed E-state index contributed by atoms with van der Waals surface area (Å²) in [4.78, 5) is 10.6. The molecule has 0 aliphatic rings. The predicted octanol–water partition coefficient (Wildman–Crippen LogP) is -0.348. The van der Waals surface area contributed by atoms with Crippen molar-refractivity contribution in [2.75, 3.05) is 0 Å². The minimum absolute atomic E-state index is 0.00120. The Labute approximate surface area is 90.3 Å². The zero-order chi connectivity index (χ0) is 11.5. The zero-order valence-corrected chi connectivity index (χ0v) is 8.16. The molecule has 0 atom stereocenters. The number of aromatic nitrogens is 2. The Hall–Kier alpha value is -2.37. The van der Waals surface area contributed by atoms with Gasteiger partial charge in [-0.25, -0.2) is 0 Å². The smallest absolute Gasteiger partial charge is 0.314 e. The molecule has 0 spiro atoms. The summed E-state index contributed by atoms with van der Waals surface area (Å²) in [6, 6.07) is 8.72. The van der Waals surface area contributed by atoms with E-state index in [9.17, 15) is 9.90 Å². The van der Waals surface area contributed by atoms with Crippen molar-refractivity contribution < 1.29 is 24.2 Å². The number of hydrogen-bond donors (Lipinski definition) is 1. The standard InChI is InChI=1S/C10H8N2O4/c13-9(14)6-8-10(15)16-11-12(8)7-4-2-1-3-5-7/h1-5H,6H2,(H-,11,13,14,15). The first-order valence-electron chi connectivity index (χ1n) is 4.53. The van der Waals surface area contributed by atoms with Crippen LogP contribution in [0.4, 0.5) is 0 Å². The van der Waals surface area contributed by atoms with Gasteiger partial charge in [0.25, 0.3) is 5.69 Å². The van der Waals surface area contributed by atoms with E-state index in [0.717, 1.165) is 0 Å². The van der Waals surface area contributed by atoms with Crippen LogP contribution in [0.25, 0.3) is 5.69 Å². The van der Waals surface area contributed by atoms with Crippen molar-refractivity contribution in [1.82, 2.24) is 5.27 Å². The second-order valence-electron chi connectivity index (χ2n) is 3.12. The highest BCUT2D eigenvalue weighted by Crippen LogP contribution is 2.10. The number of benzene rings is 1. The summed E-state index contributed by atoms with van der Waals surface area (Å²) in [5.74, 6) is -1.84. The molecule has 2 rings (SSSR count). The fourth-order valence-electron chi connectivity index (χ4n) is 1.33. The monoisotopic (exact) mass is 220 g/mol. The van der Waals surface area contributed by atoms with Gasteiger partial charge in [-0.15, -0.1) is 0 Å². The Morgan fingerprint density at radius 2 is 2.12 bits per heavy atom. The van der Waals surface area contributed by atoms with Gasteiger partial charge in [-0.2, -0.15) is 0 Å². The number of para-hydroxylation sites is 1. The molecule has 0 amide bonds. The van der Waals surface area contributed by atoms with E-state index in [1.807, 2.05) is 0 Å². The molecule has 0 aliphatic heterocycles. The number of hydrogen-bond acceptors (Lipinski definition) is 4. The maximum Gasteiger partial charge on any atom is 0.314 e. The maximum absolute atomic E-state index is 11.2. The van der Waals surface area contributed by atoms with Crippen molar-refractivity contribution in [1.29, 1.82) is 0 Å². The molecule has 6 heteroatoms. The van der Waals surface area contributed by atoms with Crippen LogP contribution in [0, 0.1) is 0 Å². The van der Waals surface area contributed by atoms with Crippen LogP contribution in [0.1, 0.15) is 5.69 Å². The summed E-state index contributed by atoms with van der Waals surface area (Å²) < 4.78 is 5.64. The lowest BCUT2D eigenvalue weighted by Crippen LogP contribution is -2.37. The molecule has 0 saturated carbocycles. The Kier molecular flexibility index (Phi) is 2.55. The van der Waals surface area contributed by atoms with E-state index in [1.165, 1.54) is 4.68 Å². The fraction of sp³-hybridized carbons (Fsp3) is 0.100. The van der Waals surface area contributed by atoms with Gasteiger partial charge in [0.1, 0.15) is 6.42 Å². The van der Waals surface area contributed by atoms with Crippen LogP contribution in [0.15, 0.2) is 34.9 Å². The first-order chi connectivity index (χ1) is 7.68. The average Bonchev–Trinajstić information content (AvgIpc) is 2.61. The van der Waals surface area contributed by atoms with E-state index in [1.54, 1.807) is 30.3 Å². The van der Waals surface area contributed by atoms with Crippen molar-refractivity contribution in [3.05, 3.63) is 36.0 Å². The highest BCUT2D eigenvalue weighted by molar-refractivity contribution is 5.69. The van der Waals surface area contributed by atoms with Crippen LogP contribution in [-0.4, -0.2) is 16.3 Å². The first kappa shape index (κ1) is 10.2. The minimum atomic E-state index is -1.11. The quantitative estimate of drug-likeness (QED) is 0.714. The highest BCUT2D eigenvalue weighted by Gasteiger charge is 2.22. The van der Waals surface area contributed by atoms with Crippen molar-refractivity contribution in [2.45, 2.75) is 6.42 Å². The Balaban J connectivity index is 2.46. The molecular weight excluding hydrogens is 212 g/mol. The molecule has 1 heterocycles. The van der Waals surface area contributed by atoms with Gasteiger partial charge >= 0.3 is 5.97 Å². The van der Waals surface area contributed by atoms with Crippen LogP contribution in [0.2, 0.25) is 0 Å². The van der Waals surface area contributed by atoms with Gasteiger partial charge in [-0.05, 0) is 4.68 Å². The van der Waals surface area contributed by atoms with Crippen LogP contribution in [-0.2, 0) is 11.2 Å². The fourth-order valence-corrected chi connectivity index (χ4v) is 1.33. The number of carboxylic acids is 1. The van der Waals surface area contributed by atoms with Crippen LogP contribution in [0.3, 0.4) is 0 Å². The lowest BCUT2D eigenvalue weighted by molar-refractivity contribution is -0.677. The van der Waals surface area contributed by atoms with Crippen molar-refractivity contribution in [3.63, 3.8) is 0 Å². The van der Waals surface area contributed by atoms with E-state index in [-0.39, 0.29) is 5.69 Å². The molecule has 0 saturated heterocycles. The van der Waals surface area contributed by atoms with Gasteiger partial charge in [0.15, 0.2) is 5.95 Å². The van der Waals surface area contributed by atoms with Crippen LogP contribution >= 0.6 is 0 Å². The number of carbonyl (C=O) groups is 1. The van der Waals surface area contributed by atoms with E-state index >= 15 is 0 Å². The average molecular weight is 220 g/mol. The summed E-state index contributed by atoms with van der Waals surface area (Å²) >= 11 is 0. The molecule has 0 fully saturated rings. The number of rotatable bonds is 3. The first-order valence-corrected chi connectivity index (χ1v) is 4.53. The zero-order valence-electron chi connectivity index (χ0n) is 8.16. The third-order valence-electron chi connectivity index (χ3n) is 2.02. The summed E-state index contributed by atoms with van der Waals surface area (Å²) in [6.07, 6.45) is -0.419. The molecule has 6 nitrogen and oxygen atoms in total. The lowest BCUT2D eigenvalue weighted by atomic mass is 10.3. The molecule has 82 valence electrons. The molecule has 1 aromatic heterocycles. The Morgan fingerprint density at radius 1 is 1.44 bits per heavy atom. The van der Waals surface area contributed by atoms with E-state index in [4.69, 9.17) is 5.11 Å². The minimum Gasteiger partial charge on any atom is -0.539 e. The van der Waals surface area contributed by atoms with Crippen LogP contribution in [0.5, 0.6) is 5.95 Å². The van der Waals surface area contributed by atoms with E-state index in [2.05, 4.69) is 9.79 Å². The third kappa shape index (κ3) is 1.85. The van der Waals surface area contributed by atoms with Gasteiger partial charge in [0, 0.05) is 12.1 Å². The van der Waals surface area contributed by atoms with Gasteiger partial charge in [0.2, 0.25) is 5.69 Å². The largest absolute Gasteiger partial charge is 0.539 e. The van der Waals surface area contributed by atoms with E-state index in [0.29, 0.717) is 5.69 Å². The van der Waals surface area contributed by atoms with Crippen molar-refractivity contribution >= 4 is 5.97 Å². The number of nitrogens with zero attached hydrogens (tertiary/aromatic N) is 2. The van der Waals surface area contributed by atoms with Gasteiger partial charge in [-0.1, -0.05) is 18.2 Å². The molecule has 0 aliphatic carbocycles.